The van der Waals surface area contributed by atoms with Crippen molar-refractivity contribution in [3.63, 3.8) is 0 Å². The molecule has 0 saturated heterocycles. The normalized spacial score (nSPS) is 11.7. The predicted octanol–water partition coefficient (Wildman–Crippen LogP) is 4.27. The maximum atomic E-state index is 12.5. The number of nitrogens with one attached hydrogen (secondary N) is 2. The number of benzene rings is 2. The highest BCUT2D eigenvalue weighted by atomic mass is 35.5. The Morgan fingerprint density at radius 2 is 1.69 bits per heavy atom. The minimum atomic E-state index is -3.06. The van der Waals surface area contributed by atoms with Crippen LogP contribution < -0.4 is 15.4 Å². The number of amides is 2. The molecule has 32 heavy (non-hydrogen) atoms. The van der Waals surface area contributed by atoms with Crippen molar-refractivity contribution >= 4 is 35.1 Å². The summed E-state index contributed by atoms with van der Waals surface area (Å²) >= 11 is 5.82. The molecule has 1 unspecified atom stereocenters. The zero-order valence-electron chi connectivity index (χ0n) is 17.4. The number of halogens is 3. The van der Waals surface area contributed by atoms with Crippen LogP contribution in [0.1, 0.15) is 30.6 Å². The van der Waals surface area contributed by atoms with E-state index in [1.807, 2.05) is 13.8 Å². The van der Waals surface area contributed by atoms with Crippen molar-refractivity contribution in [3.05, 3.63) is 59.1 Å². The van der Waals surface area contributed by atoms with Gasteiger partial charge in [0, 0.05) is 10.6 Å². The number of rotatable bonds is 10. The van der Waals surface area contributed by atoms with Crippen LogP contribution in [0.2, 0.25) is 5.02 Å². The third-order valence-electron chi connectivity index (χ3n) is 4.13. The Morgan fingerprint density at radius 3 is 2.31 bits per heavy atom. The van der Waals surface area contributed by atoms with E-state index < -0.39 is 37.0 Å². The quantitative estimate of drug-likeness (QED) is 0.508. The van der Waals surface area contributed by atoms with E-state index in [2.05, 4.69) is 15.4 Å². The molecule has 0 heterocycles. The van der Waals surface area contributed by atoms with Gasteiger partial charge in [-0.05, 0) is 48.7 Å². The zero-order chi connectivity index (χ0) is 23.7. The molecule has 0 aliphatic carbocycles. The summed E-state index contributed by atoms with van der Waals surface area (Å²) < 4.78 is 34.3. The van der Waals surface area contributed by atoms with E-state index >= 15 is 0 Å². The summed E-state index contributed by atoms with van der Waals surface area (Å²) in [6, 6.07) is 10.8. The van der Waals surface area contributed by atoms with E-state index in [1.54, 1.807) is 12.1 Å². The van der Waals surface area contributed by atoms with E-state index in [0.29, 0.717) is 10.6 Å². The van der Waals surface area contributed by atoms with Crippen LogP contribution in [-0.2, 0) is 14.3 Å². The second-order valence-corrected chi connectivity index (χ2v) is 7.63. The van der Waals surface area contributed by atoms with Crippen LogP contribution in [0.3, 0.4) is 0 Å². The van der Waals surface area contributed by atoms with Crippen LogP contribution in [0.4, 0.5) is 14.5 Å². The van der Waals surface area contributed by atoms with Crippen LogP contribution in [0.5, 0.6) is 5.75 Å². The van der Waals surface area contributed by atoms with Gasteiger partial charge in [0.1, 0.15) is 11.8 Å². The van der Waals surface area contributed by atoms with Gasteiger partial charge in [-0.15, -0.1) is 0 Å². The van der Waals surface area contributed by atoms with E-state index in [0.717, 1.165) is 0 Å². The van der Waals surface area contributed by atoms with Crippen molar-refractivity contribution in [2.75, 3.05) is 11.9 Å². The summed E-state index contributed by atoms with van der Waals surface area (Å²) in [5, 5.41) is 5.41. The monoisotopic (exact) mass is 468 g/mol. The molecule has 0 fully saturated rings. The average Bonchev–Trinajstić information content (AvgIpc) is 2.72. The number of para-hydroxylation sites is 2. The van der Waals surface area contributed by atoms with Gasteiger partial charge in [-0.25, -0.2) is 4.79 Å². The van der Waals surface area contributed by atoms with Crippen molar-refractivity contribution in [3.8, 4) is 5.75 Å². The summed E-state index contributed by atoms with van der Waals surface area (Å²) in [6.45, 7) is -0.0114. The molecule has 7 nitrogen and oxygen atoms in total. The van der Waals surface area contributed by atoms with Crippen LogP contribution >= 0.6 is 11.6 Å². The highest BCUT2D eigenvalue weighted by Crippen LogP contribution is 2.25. The lowest BCUT2D eigenvalue weighted by Gasteiger charge is -2.19. The van der Waals surface area contributed by atoms with E-state index in [4.69, 9.17) is 16.3 Å². The third-order valence-corrected chi connectivity index (χ3v) is 4.38. The van der Waals surface area contributed by atoms with Crippen molar-refractivity contribution in [1.29, 1.82) is 0 Å². The molecule has 0 spiro atoms. The van der Waals surface area contributed by atoms with Crippen molar-refractivity contribution in [1.82, 2.24) is 5.32 Å². The number of hydrogen-bond donors (Lipinski definition) is 2. The molecule has 0 aromatic heterocycles. The first kappa shape index (κ1) is 25.1. The van der Waals surface area contributed by atoms with E-state index in [-0.39, 0.29) is 23.8 Å². The Hall–Kier alpha value is -3.20. The smallest absolute Gasteiger partial charge is 0.387 e. The topological polar surface area (TPSA) is 93.7 Å². The fourth-order valence-electron chi connectivity index (χ4n) is 2.72. The zero-order valence-corrected chi connectivity index (χ0v) is 18.2. The lowest BCUT2D eigenvalue weighted by atomic mass is 10.0. The Bertz CT molecular complexity index is 938. The summed E-state index contributed by atoms with van der Waals surface area (Å²) in [7, 11) is 0. The van der Waals surface area contributed by atoms with Gasteiger partial charge in [0.2, 0.25) is 0 Å². The molecular formula is C22H23ClF2N2O5. The first-order chi connectivity index (χ1) is 15.2. The summed E-state index contributed by atoms with van der Waals surface area (Å²) in [6.07, 6.45) is 0.283. The number of esters is 1. The van der Waals surface area contributed by atoms with Crippen LogP contribution in [0, 0.1) is 5.92 Å². The Labute approximate surface area is 189 Å². The molecule has 0 radical (unpaired) electrons. The highest BCUT2D eigenvalue weighted by molar-refractivity contribution is 6.30. The first-order valence-corrected chi connectivity index (χ1v) is 10.1. The van der Waals surface area contributed by atoms with Crippen LogP contribution in [0.15, 0.2) is 48.5 Å². The fraction of sp³-hybridized carbons (Fsp3) is 0.318. The van der Waals surface area contributed by atoms with Crippen LogP contribution in [-0.4, -0.2) is 37.0 Å². The molecule has 0 bridgehead atoms. The van der Waals surface area contributed by atoms with Gasteiger partial charge >= 0.3 is 12.6 Å². The van der Waals surface area contributed by atoms with Crippen molar-refractivity contribution in [2.24, 2.45) is 5.92 Å². The third kappa shape index (κ3) is 8.14. The molecule has 2 amide bonds. The average molecular weight is 469 g/mol. The standard InChI is InChI=1S/C22H23ClF2N2O5/c1-13(2)11-17(27-20(29)14-7-9-15(23)10-8-14)21(30)31-12-19(28)26-16-5-3-4-6-18(16)32-22(24)25/h3-10,13,17,22H,11-12H2,1-2H3,(H,26,28)(H,27,29). The molecule has 2 rings (SSSR count). The van der Waals surface area contributed by atoms with Crippen molar-refractivity contribution in [2.45, 2.75) is 32.9 Å². The highest BCUT2D eigenvalue weighted by Gasteiger charge is 2.25. The number of carbonyl (C=O) groups excluding carboxylic acids is 3. The molecule has 2 aromatic rings. The summed E-state index contributed by atoms with van der Waals surface area (Å²) in [5.74, 6) is -2.23. The lowest BCUT2D eigenvalue weighted by molar-refractivity contribution is -0.149. The second kappa shape index (κ2) is 12.0. The fourth-order valence-corrected chi connectivity index (χ4v) is 2.85. The number of carbonyl (C=O) groups is 3. The molecule has 10 heteroatoms. The van der Waals surface area contributed by atoms with E-state index in [9.17, 15) is 23.2 Å². The van der Waals surface area contributed by atoms with Gasteiger partial charge < -0.3 is 20.1 Å². The second-order valence-electron chi connectivity index (χ2n) is 7.19. The minimum absolute atomic E-state index is 0.00335. The van der Waals surface area contributed by atoms with E-state index in [1.165, 1.54) is 36.4 Å². The maximum Gasteiger partial charge on any atom is 0.387 e. The Balaban J connectivity index is 1.97. The molecular weight excluding hydrogens is 446 g/mol. The minimum Gasteiger partial charge on any atom is -0.454 e. The van der Waals surface area contributed by atoms with Gasteiger partial charge in [0.05, 0.1) is 5.69 Å². The Kier molecular flexibility index (Phi) is 9.39. The molecule has 0 saturated carbocycles. The summed E-state index contributed by atoms with van der Waals surface area (Å²) in [5.41, 5.74) is 0.313. The van der Waals surface area contributed by atoms with Crippen molar-refractivity contribution < 1.29 is 32.6 Å². The first-order valence-electron chi connectivity index (χ1n) is 9.72. The van der Waals surface area contributed by atoms with Crippen LogP contribution in [0.25, 0.3) is 0 Å². The van der Waals surface area contributed by atoms with Gasteiger partial charge in [-0.2, -0.15) is 8.78 Å². The van der Waals surface area contributed by atoms with Gasteiger partial charge in [0.15, 0.2) is 6.61 Å². The largest absolute Gasteiger partial charge is 0.454 e. The molecule has 2 N–H and O–H groups in total. The molecule has 0 aliphatic rings. The Morgan fingerprint density at radius 1 is 1.03 bits per heavy atom. The lowest BCUT2D eigenvalue weighted by Crippen LogP contribution is -2.43. The SMILES string of the molecule is CC(C)CC(NC(=O)c1ccc(Cl)cc1)C(=O)OCC(=O)Nc1ccccc1OC(F)F. The number of ether oxygens (including phenoxy) is 2. The number of hydrogen-bond acceptors (Lipinski definition) is 5. The van der Waals surface area contributed by atoms with Gasteiger partial charge in [-0.3, -0.25) is 9.59 Å². The van der Waals surface area contributed by atoms with Gasteiger partial charge in [-0.1, -0.05) is 37.6 Å². The number of alkyl halides is 2. The number of anilines is 1. The predicted molar refractivity (Wildman–Crippen MR) is 115 cm³/mol. The molecule has 0 aliphatic heterocycles. The molecule has 1 atom stereocenters. The summed E-state index contributed by atoms with van der Waals surface area (Å²) in [4.78, 5) is 37.1. The molecule has 2 aromatic carbocycles. The van der Waals surface area contributed by atoms with Gasteiger partial charge in [0.25, 0.3) is 11.8 Å². The molecule has 172 valence electrons. The maximum absolute atomic E-state index is 12.5.